The highest BCUT2D eigenvalue weighted by molar-refractivity contribution is 6.21. The summed E-state index contributed by atoms with van der Waals surface area (Å²) in [5, 5.41) is 2.03. The number of morpholine rings is 1. The van der Waals surface area contributed by atoms with Gasteiger partial charge in [-0.25, -0.2) is 4.90 Å². The number of anilines is 1. The summed E-state index contributed by atoms with van der Waals surface area (Å²) in [6.45, 7) is 5.83. The van der Waals surface area contributed by atoms with Crippen molar-refractivity contribution in [3.63, 3.8) is 0 Å². The SMILES string of the molecule is O=C1C[C@@H]([NH2+]CCC[NH+]2CCOCC2)C(=O)N1c1ccccc1. The summed E-state index contributed by atoms with van der Waals surface area (Å²) >= 11 is 0. The van der Waals surface area contributed by atoms with E-state index in [-0.39, 0.29) is 17.9 Å². The number of carbonyl (C=O) groups is 2. The number of quaternary nitrogens is 2. The molecule has 2 aliphatic rings. The van der Waals surface area contributed by atoms with E-state index in [1.165, 1.54) is 4.90 Å². The Morgan fingerprint density at radius 1 is 1.17 bits per heavy atom. The zero-order chi connectivity index (χ0) is 16.1. The molecular weight excluding hydrogens is 294 g/mol. The fourth-order valence-electron chi connectivity index (χ4n) is 3.27. The van der Waals surface area contributed by atoms with Crippen molar-refractivity contribution in [2.24, 2.45) is 0 Å². The predicted octanol–water partition coefficient (Wildman–Crippen LogP) is -1.81. The van der Waals surface area contributed by atoms with E-state index < -0.39 is 0 Å². The minimum Gasteiger partial charge on any atom is -0.370 e. The number of nitrogens with two attached hydrogens (primary N) is 1. The Morgan fingerprint density at radius 3 is 2.65 bits per heavy atom. The summed E-state index contributed by atoms with van der Waals surface area (Å²) in [4.78, 5) is 27.5. The molecule has 2 saturated heterocycles. The molecule has 0 spiro atoms. The summed E-state index contributed by atoms with van der Waals surface area (Å²) in [6, 6.07) is 8.92. The van der Waals surface area contributed by atoms with Gasteiger partial charge in [0.15, 0.2) is 6.04 Å². The quantitative estimate of drug-likeness (QED) is 0.480. The molecule has 0 radical (unpaired) electrons. The Balaban J connectivity index is 1.46. The lowest BCUT2D eigenvalue weighted by molar-refractivity contribution is -0.909. The Labute approximate surface area is 136 Å². The molecule has 2 amide bonds. The third-order valence-corrected chi connectivity index (χ3v) is 4.58. The highest BCUT2D eigenvalue weighted by Gasteiger charge is 2.41. The van der Waals surface area contributed by atoms with Crippen molar-refractivity contribution in [2.75, 3.05) is 44.3 Å². The molecule has 1 atom stereocenters. The van der Waals surface area contributed by atoms with Gasteiger partial charge in [-0.05, 0) is 12.1 Å². The summed E-state index contributed by atoms with van der Waals surface area (Å²) < 4.78 is 5.35. The van der Waals surface area contributed by atoms with E-state index in [9.17, 15) is 9.59 Å². The average molecular weight is 319 g/mol. The molecule has 0 aliphatic carbocycles. The first-order valence-electron chi connectivity index (χ1n) is 8.42. The highest BCUT2D eigenvalue weighted by Crippen LogP contribution is 2.20. The molecule has 124 valence electrons. The second-order valence-corrected chi connectivity index (χ2v) is 6.20. The Bertz CT molecular complexity index is 543. The van der Waals surface area contributed by atoms with Crippen molar-refractivity contribution < 1.29 is 24.5 Å². The number of hydrogen-bond acceptors (Lipinski definition) is 3. The Hall–Kier alpha value is -1.76. The van der Waals surface area contributed by atoms with Gasteiger partial charge < -0.3 is 15.0 Å². The van der Waals surface area contributed by atoms with Crippen LogP contribution in [-0.4, -0.2) is 57.2 Å². The van der Waals surface area contributed by atoms with Gasteiger partial charge in [-0.3, -0.25) is 9.59 Å². The lowest BCUT2D eigenvalue weighted by atomic mass is 10.2. The second-order valence-electron chi connectivity index (χ2n) is 6.20. The van der Waals surface area contributed by atoms with Crippen LogP contribution in [0.1, 0.15) is 12.8 Å². The number of nitrogens with zero attached hydrogens (tertiary/aromatic N) is 1. The van der Waals surface area contributed by atoms with E-state index in [0.29, 0.717) is 12.1 Å². The summed E-state index contributed by atoms with van der Waals surface area (Å²) in [6.07, 6.45) is 1.36. The van der Waals surface area contributed by atoms with Gasteiger partial charge in [-0.1, -0.05) is 18.2 Å². The molecule has 1 aromatic rings. The van der Waals surface area contributed by atoms with Crippen LogP contribution in [0.4, 0.5) is 5.69 Å². The lowest BCUT2D eigenvalue weighted by Gasteiger charge is -2.23. The molecule has 6 nitrogen and oxygen atoms in total. The number of ether oxygens (including phenoxy) is 1. The van der Waals surface area contributed by atoms with Gasteiger partial charge in [0, 0.05) is 6.42 Å². The standard InChI is InChI=1S/C17H23N3O3/c21-16-13-15(17(22)20(16)14-5-2-1-3-6-14)18-7-4-8-19-9-11-23-12-10-19/h1-3,5-6,15,18H,4,7-13H2/p+2/t15-/m1/s1. The van der Waals surface area contributed by atoms with Crippen LogP contribution < -0.4 is 15.1 Å². The minimum absolute atomic E-state index is 0.0834. The molecule has 2 heterocycles. The number of hydrogen-bond donors (Lipinski definition) is 2. The molecule has 0 saturated carbocycles. The number of imide groups is 1. The maximum atomic E-state index is 12.5. The molecule has 6 heteroatoms. The van der Waals surface area contributed by atoms with Gasteiger partial charge in [0.1, 0.15) is 13.1 Å². The van der Waals surface area contributed by atoms with E-state index in [0.717, 1.165) is 45.8 Å². The number of carbonyl (C=O) groups excluding carboxylic acids is 2. The van der Waals surface area contributed by atoms with Crippen LogP contribution in [0.25, 0.3) is 0 Å². The van der Waals surface area contributed by atoms with Gasteiger partial charge in [-0.15, -0.1) is 0 Å². The predicted molar refractivity (Wildman–Crippen MR) is 85.1 cm³/mol. The van der Waals surface area contributed by atoms with Crippen LogP contribution in [0.5, 0.6) is 0 Å². The fraction of sp³-hybridized carbons (Fsp3) is 0.529. The molecule has 2 fully saturated rings. The summed E-state index contributed by atoms with van der Waals surface area (Å²) in [7, 11) is 0. The lowest BCUT2D eigenvalue weighted by Crippen LogP contribution is -3.14. The monoisotopic (exact) mass is 319 g/mol. The van der Waals surface area contributed by atoms with Crippen molar-refractivity contribution in [1.29, 1.82) is 0 Å². The molecule has 3 N–H and O–H groups in total. The Morgan fingerprint density at radius 2 is 1.91 bits per heavy atom. The molecule has 0 unspecified atom stereocenters. The molecule has 23 heavy (non-hydrogen) atoms. The highest BCUT2D eigenvalue weighted by atomic mass is 16.5. The van der Waals surface area contributed by atoms with E-state index in [1.807, 2.05) is 23.5 Å². The molecule has 3 rings (SSSR count). The smallest absolute Gasteiger partial charge is 0.292 e. The van der Waals surface area contributed by atoms with Crippen LogP contribution in [0.3, 0.4) is 0 Å². The van der Waals surface area contributed by atoms with E-state index in [4.69, 9.17) is 4.74 Å². The van der Waals surface area contributed by atoms with E-state index in [1.54, 1.807) is 17.0 Å². The maximum absolute atomic E-state index is 12.5. The van der Waals surface area contributed by atoms with Gasteiger partial charge in [0.25, 0.3) is 5.91 Å². The number of amides is 2. The van der Waals surface area contributed by atoms with Crippen LogP contribution in [0.2, 0.25) is 0 Å². The van der Waals surface area contributed by atoms with E-state index >= 15 is 0 Å². The fourth-order valence-corrected chi connectivity index (χ4v) is 3.27. The van der Waals surface area contributed by atoms with Gasteiger partial charge in [0.05, 0.1) is 38.4 Å². The summed E-state index contributed by atoms with van der Waals surface area (Å²) in [5.74, 6) is -0.179. The normalized spacial score (nSPS) is 22.8. The van der Waals surface area contributed by atoms with Crippen LogP contribution >= 0.6 is 0 Å². The van der Waals surface area contributed by atoms with Crippen LogP contribution in [0, 0.1) is 0 Å². The van der Waals surface area contributed by atoms with Crippen molar-refractivity contribution in [3.8, 4) is 0 Å². The number of nitrogens with one attached hydrogen (secondary N) is 1. The third kappa shape index (κ3) is 3.96. The first-order chi connectivity index (χ1) is 11.3. The van der Waals surface area contributed by atoms with Crippen LogP contribution in [0.15, 0.2) is 30.3 Å². The van der Waals surface area contributed by atoms with Gasteiger partial charge in [-0.2, -0.15) is 0 Å². The largest absolute Gasteiger partial charge is 0.370 e. The maximum Gasteiger partial charge on any atom is 0.292 e. The number of rotatable bonds is 6. The molecule has 2 aliphatic heterocycles. The molecule has 0 aromatic heterocycles. The van der Waals surface area contributed by atoms with Crippen molar-refractivity contribution in [2.45, 2.75) is 18.9 Å². The van der Waals surface area contributed by atoms with Crippen molar-refractivity contribution in [3.05, 3.63) is 30.3 Å². The van der Waals surface area contributed by atoms with Gasteiger partial charge in [0.2, 0.25) is 5.91 Å². The first kappa shape index (κ1) is 16.1. The minimum atomic E-state index is -0.262. The number of para-hydroxylation sites is 1. The first-order valence-corrected chi connectivity index (χ1v) is 8.42. The zero-order valence-corrected chi connectivity index (χ0v) is 13.4. The van der Waals surface area contributed by atoms with Gasteiger partial charge >= 0.3 is 0 Å². The zero-order valence-electron chi connectivity index (χ0n) is 13.4. The molecule has 1 aromatic carbocycles. The number of benzene rings is 1. The second kappa shape index (κ2) is 7.68. The van der Waals surface area contributed by atoms with Crippen molar-refractivity contribution >= 4 is 17.5 Å². The Kier molecular flexibility index (Phi) is 5.38. The van der Waals surface area contributed by atoms with Crippen molar-refractivity contribution in [1.82, 2.24) is 0 Å². The topological polar surface area (TPSA) is 67.7 Å². The third-order valence-electron chi connectivity index (χ3n) is 4.58. The van der Waals surface area contributed by atoms with E-state index in [2.05, 4.69) is 0 Å². The summed E-state index contributed by atoms with van der Waals surface area (Å²) in [5.41, 5.74) is 0.677. The average Bonchev–Trinajstić information content (AvgIpc) is 2.87. The molecule has 0 bridgehead atoms. The van der Waals surface area contributed by atoms with Crippen LogP contribution in [-0.2, 0) is 14.3 Å². The molecular formula is C17H25N3O3+2.